The fraction of sp³-hybridized carbons (Fsp3) is 0.694. The van der Waals surface area contributed by atoms with E-state index in [-0.39, 0.29) is 23.5 Å². The molecule has 11 heteroatoms. The molecule has 1 aliphatic carbocycles. The van der Waals surface area contributed by atoms with Crippen LogP contribution in [0.2, 0.25) is 0 Å². The maximum absolute atomic E-state index is 13.2. The van der Waals surface area contributed by atoms with E-state index in [2.05, 4.69) is 48.0 Å². The van der Waals surface area contributed by atoms with E-state index in [1.54, 1.807) is 25.6 Å². The minimum Gasteiger partial charge on any atom is -0.381 e. The Morgan fingerprint density at radius 1 is 1.06 bits per heavy atom. The maximum Gasteiger partial charge on any atom is 0.273 e. The number of ether oxygens (including phenoxy) is 4. The number of amides is 2. The molecule has 2 aliphatic heterocycles. The molecule has 0 radical (unpaired) electrons. The van der Waals surface area contributed by atoms with Gasteiger partial charge in [0.2, 0.25) is 5.91 Å². The zero-order valence-corrected chi connectivity index (χ0v) is 29.6. The molecule has 1 saturated carbocycles. The number of rotatable bonds is 16. The molecule has 260 valence electrons. The summed E-state index contributed by atoms with van der Waals surface area (Å²) in [5.41, 5.74) is 2.84. The molecule has 2 aromatic rings. The van der Waals surface area contributed by atoms with Crippen molar-refractivity contribution >= 4 is 23.2 Å². The highest BCUT2D eigenvalue weighted by atomic mass is 32.1. The van der Waals surface area contributed by atoms with Gasteiger partial charge in [-0.15, -0.1) is 11.3 Å². The topological polar surface area (TPSA) is 93.7 Å². The van der Waals surface area contributed by atoms with E-state index in [1.807, 2.05) is 15.2 Å². The summed E-state index contributed by atoms with van der Waals surface area (Å²) in [6.07, 6.45) is 7.38. The second kappa shape index (κ2) is 17.3. The Kier molecular flexibility index (Phi) is 13.2. The number of methoxy groups -OCH3 is 2. The van der Waals surface area contributed by atoms with Crippen LogP contribution >= 0.6 is 11.3 Å². The molecular weight excluding hydrogens is 616 g/mol. The zero-order chi connectivity index (χ0) is 33.2. The Labute approximate surface area is 284 Å². The van der Waals surface area contributed by atoms with Gasteiger partial charge in [0.1, 0.15) is 11.3 Å². The van der Waals surface area contributed by atoms with Crippen LogP contribution < -0.4 is 0 Å². The molecule has 3 aliphatic rings. The summed E-state index contributed by atoms with van der Waals surface area (Å²) in [6, 6.07) is 8.97. The lowest BCUT2D eigenvalue weighted by Gasteiger charge is -2.54. The normalized spacial score (nSPS) is 18.6. The van der Waals surface area contributed by atoms with Crippen molar-refractivity contribution in [2.45, 2.75) is 89.1 Å². The first-order valence-electron chi connectivity index (χ1n) is 17.4. The Morgan fingerprint density at radius 2 is 1.81 bits per heavy atom. The number of aromatic nitrogens is 1. The zero-order valence-electron chi connectivity index (χ0n) is 28.8. The summed E-state index contributed by atoms with van der Waals surface area (Å²) in [5, 5.41) is 2.90. The predicted octanol–water partition coefficient (Wildman–Crippen LogP) is 4.77. The van der Waals surface area contributed by atoms with Crippen LogP contribution in [0.1, 0.15) is 84.9 Å². The molecule has 2 saturated heterocycles. The largest absolute Gasteiger partial charge is 0.381 e. The highest BCUT2D eigenvalue weighted by Gasteiger charge is 2.48. The minimum atomic E-state index is -0.412. The third kappa shape index (κ3) is 9.83. The lowest BCUT2D eigenvalue weighted by Crippen LogP contribution is -2.70. The maximum atomic E-state index is 13.2. The third-order valence-corrected chi connectivity index (χ3v) is 10.9. The number of nitrogens with zero attached hydrogens (tertiary/aromatic N) is 4. The average Bonchev–Trinajstić information content (AvgIpc) is 3.58. The standard InChI is InChI=1S/C36H54N4O6S/c1-27(2)34-37-31(23-47-34)35(42)39-17-20-46-36(26-39)24-38(25-36)16-13-28-9-8-10-29(21-28)14-18-45-19-15-32(41)40(22-33(43-3)44-4)30-11-6-5-7-12-30/h8-10,21,23,27,30,33H,5-7,11-20,22,24-26H2,1-4H3. The summed E-state index contributed by atoms with van der Waals surface area (Å²) in [5.74, 6) is 0.460. The lowest BCUT2D eigenvalue weighted by atomic mass is 9.91. The van der Waals surface area contributed by atoms with Gasteiger partial charge in [-0.3, -0.25) is 14.5 Å². The number of benzene rings is 1. The van der Waals surface area contributed by atoms with Crippen LogP contribution in [0, 0.1) is 0 Å². The van der Waals surface area contributed by atoms with Crippen molar-refractivity contribution in [3.8, 4) is 0 Å². The monoisotopic (exact) mass is 670 g/mol. The summed E-state index contributed by atoms with van der Waals surface area (Å²) in [4.78, 5) is 37.2. The number of hydrogen-bond donors (Lipinski definition) is 0. The molecule has 2 amide bonds. The molecular formula is C36H54N4O6S. The fourth-order valence-electron chi connectivity index (χ4n) is 7.03. The molecule has 0 bridgehead atoms. The summed E-state index contributed by atoms with van der Waals surface area (Å²) in [6.45, 7) is 10.1. The average molecular weight is 671 g/mol. The van der Waals surface area contributed by atoms with Crippen molar-refractivity contribution in [3.05, 3.63) is 51.5 Å². The van der Waals surface area contributed by atoms with Crippen molar-refractivity contribution in [2.75, 3.05) is 73.3 Å². The van der Waals surface area contributed by atoms with Crippen molar-refractivity contribution in [2.24, 2.45) is 0 Å². The summed E-state index contributed by atoms with van der Waals surface area (Å²) < 4.78 is 22.9. The highest BCUT2D eigenvalue weighted by Crippen LogP contribution is 2.31. The van der Waals surface area contributed by atoms with Crippen LogP contribution in [0.5, 0.6) is 0 Å². The van der Waals surface area contributed by atoms with Gasteiger partial charge in [-0.05, 0) is 36.8 Å². The van der Waals surface area contributed by atoms with Gasteiger partial charge in [-0.2, -0.15) is 0 Å². The van der Waals surface area contributed by atoms with Crippen molar-refractivity contribution < 1.29 is 28.5 Å². The molecule has 0 unspecified atom stereocenters. The van der Waals surface area contributed by atoms with E-state index in [9.17, 15) is 9.59 Å². The molecule has 47 heavy (non-hydrogen) atoms. The second-order valence-corrected chi connectivity index (χ2v) is 14.5. The molecule has 3 heterocycles. The van der Waals surface area contributed by atoms with E-state index < -0.39 is 6.29 Å². The Bertz CT molecular complexity index is 1290. The van der Waals surface area contributed by atoms with E-state index in [1.165, 1.54) is 17.5 Å². The Hall–Kier alpha value is -2.41. The van der Waals surface area contributed by atoms with Crippen molar-refractivity contribution in [3.63, 3.8) is 0 Å². The molecule has 10 nitrogen and oxygen atoms in total. The van der Waals surface area contributed by atoms with E-state index in [0.29, 0.717) is 57.5 Å². The first-order chi connectivity index (χ1) is 22.8. The van der Waals surface area contributed by atoms with Crippen molar-refractivity contribution in [1.29, 1.82) is 0 Å². The van der Waals surface area contributed by atoms with Gasteiger partial charge in [-0.25, -0.2) is 4.98 Å². The van der Waals surface area contributed by atoms with Crippen LogP contribution in [-0.2, 0) is 36.6 Å². The number of carbonyl (C=O) groups is 2. The molecule has 0 atom stereocenters. The smallest absolute Gasteiger partial charge is 0.273 e. The number of hydrogen-bond acceptors (Lipinski definition) is 9. The summed E-state index contributed by atoms with van der Waals surface area (Å²) >= 11 is 1.56. The number of carbonyl (C=O) groups excluding carboxylic acids is 2. The van der Waals surface area contributed by atoms with Crippen LogP contribution in [0.25, 0.3) is 0 Å². The predicted molar refractivity (Wildman–Crippen MR) is 183 cm³/mol. The van der Waals surface area contributed by atoms with E-state index in [0.717, 1.165) is 63.2 Å². The fourth-order valence-corrected chi connectivity index (χ4v) is 7.83. The van der Waals surface area contributed by atoms with Gasteiger partial charge in [0, 0.05) is 57.7 Å². The van der Waals surface area contributed by atoms with Gasteiger partial charge >= 0.3 is 0 Å². The number of morpholine rings is 1. The van der Waals surface area contributed by atoms with Gasteiger partial charge in [-0.1, -0.05) is 57.4 Å². The van der Waals surface area contributed by atoms with Gasteiger partial charge in [0.05, 0.1) is 44.3 Å². The van der Waals surface area contributed by atoms with E-state index >= 15 is 0 Å². The first kappa shape index (κ1) is 35.9. The minimum absolute atomic E-state index is 0.0189. The molecule has 1 spiro atoms. The molecule has 0 N–H and O–H groups in total. The quantitative estimate of drug-likeness (QED) is 0.187. The molecule has 1 aromatic heterocycles. The SMILES string of the molecule is COC(CN(C(=O)CCOCCc1cccc(CCN2CC3(C2)CN(C(=O)c2csc(C(C)C)n2)CCO3)c1)C1CCCCC1)OC. The highest BCUT2D eigenvalue weighted by molar-refractivity contribution is 7.09. The van der Waals surface area contributed by atoms with Gasteiger partial charge < -0.3 is 28.7 Å². The van der Waals surface area contributed by atoms with Crippen molar-refractivity contribution in [1.82, 2.24) is 19.7 Å². The van der Waals surface area contributed by atoms with E-state index in [4.69, 9.17) is 18.9 Å². The lowest BCUT2D eigenvalue weighted by molar-refractivity contribution is -0.176. The van der Waals surface area contributed by atoms with Crippen LogP contribution in [-0.4, -0.2) is 123 Å². The van der Waals surface area contributed by atoms with Crippen LogP contribution in [0.15, 0.2) is 29.6 Å². The molecule has 3 fully saturated rings. The molecule has 5 rings (SSSR count). The van der Waals surface area contributed by atoms with Gasteiger partial charge in [0.25, 0.3) is 5.91 Å². The molecule has 1 aromatic carbocycles. The third-order valence-electron chi connectivity index (χ3n) is 9.70. The Balaban J connectivity index is 1.01. The second-order valence-electron chi connectivity index (χ2n) is 13.6. The van der Waals surface area contributed by atoms with Crippen LogP contribution in [0.3, 0.4) is 0 Å². The summed E-state index contributed by atoms with van der Waals surface area (Å²) in [7, 11) is 3.24. The number of likely N-dealkylation sites (tertiary alicyclic amines) is 1. The van der Waals surface area contributed by atoms with Gasteiger partial charge in [0.15, 0.2) is 6.29 Å². The number of thiazole rings is 1. The Morgan fingerprint density at radius 3 is 2.51 bits per heavy atom. The first-order valence-corrected chi connectivity index (χ1v) is 18.3. The van der Waals surface area contributed by atoms with Crippen LogP contribution in [0.4, 0.5) is 0 Å².